The van der Waals surface area contributed by atoms with Gasteiger partial charge in [0, 0.05) is 6.08 Å². The van der Waals surface area contributed by atoms with Crippen molar-refractivity contribution in [1.82, 2.24) is 0 Å². The Bertz CT molecular complexity index is 291. The number of rotatable bonds is 4. The molecule has 2 atom stereocenters. The standard InChI is InChI=1S/C7H6O6/c8-3(1-2-4(9)10)5-6(13-5)7(11)12/h1-2,5-6H,(H,9,10)(H,11,12)/b2-1+. The van der Waals surface area contributed by atoms with Gasteiger partial charge >= 0.3 is 11.9 Å². The molecular weight excluding hydrogens is 180 g/mol. The van der Waals surface area contributed by atoms with Gasteiger partial charge in [0.25, 0.3) is 0 Å². The Balaban J connectivity index is 2.44. The van der Waals surface area contributed by atoms with Gasteiger partial charge in [-0.3, -0.25) is 4.79 Å². The summed E-state index contributed by atoms with van der Waals surface area (Å²) >= 11 is 0. The van der Waals surface area contributed by atoms with Gasteiger partial charge in [0.15, 0.2) is 18.0 Å². The Hall–Kier alpha value is -1.69. The van der Waals surface area contributed by atoms with Gasteiger partial charge < -0.3 is 14.9 Å². The first-order valence-corrected chi connectivity index (χ1v) is 3.35. The summed E-state index contributed by atoms with van der Waals surface area (Å²) in [7, 11) is 0. The van der Waals surface area contributed by atoms with Crippen LogP contribution in [-0.4, -0.2) is 40.1 Å². The monoisotopic (exact) mass is 186 g/mol. The van der Waals surface area contributed by atoms with Gasteiger partial charge in [0.05, 0.1) is 0 Å². The van der Waals surface area contributed by atoms with Crippen molar-refractivity contribution in [3.63, 3.8) is 0 Å². The van der Waals surface area contributed by atoms with E-state index in [-0.39, 0.29) is 0 Å². The highest BCUT2D eigenvalue weighted by molar-refractivity contribution is 6.02. The fourth-order valence-corrected chi connectivity index (χ4v) is 0.765. The number of carbonyl (C=O) groups excluding carboxylic acids is 1. The molecule has 13 heavy (non-hydrogen) atoms. The Labute approximate surface area is 72.4 Å². The molecule has 6 nitrogen and oxygen atoms in total. The summed E-state index contributed by atoms with van der Waals surface area (Å²) in [5.74, 6) is -3.13. The summed E-state index contributed by atoms with van der Waals surface area (Å²) in [6.45, 7) is 0. The number of hydrogen-bond donors (Lipinski definition) is 2. The van der Waals surface area contributed by atoms with Crippen LogP contribution in [0, 0.1) is 0 Å². The third-order valence-corrected chi connectivity index (χ3v) is 1.41. The zero-order chi connectivity index (χ0) is 10.0. The average molecular weight is 186 g/mol. The number of carbonyl (C=O) groups is 3. The van der Waals surface area contributed by atoms with Crippen LogP contribution in [0.25, 0.3) is 0 Å². The second kappa shape index (κ2) is 3.36. The molecule has 1 aliphatic rings. The molecule has 6 heteroatoms. The minimum atomic E-state index is -1.26. The van der Waals surface area contributed by atoms with Crippen LogP contribution in [0.1, 0.15) is 0 Å². The van der Waals surface area contributed by atoms with Crippen LogP contribution < -0.4 is 0 Å². The zero-order valence-electron chi connectivity index (χ0n) is 6.34. The van der Waals surface area contributed by atoms with Crippen molar-refractivity contribution in [1.29, 1.82) is 0 Å². The fraction of sp³-hybridized carbons (Fsp3) is 0.286. The zero-order valence-corrected chi connectivity index (χ0v) is 6.34. The molecule has 0 aromatic carbocycles. The molecule has 1 saturated heterocycles. The second-order valence-corrected chi connectivity index (χ2v) is 2.39. The molecule has 0 spiro atoms. The molecule has 2 unspecified atom stereocenters. The van der Waals surface area contributed by atoms with E-state index in [1.165, 1.54) is 0 Å². The lowest BCUT2D eigenvalue weighted by Gasteiger charge is -1.83. The summed E-state index contributed by atoms with van der Waals surface area (Å²) in [6, 6.07) is 0. The molecule has 0 aromatic rings. The van der Waals surface area contributed by atoms with E-state index < -0.39 is 29.9 Å². The van der Waals surface area contributed by atoms with E-state index in [1.807, 2.05) is 0 Å². The van der Waals surface area contributed by atoms with Gasteiger partial charge in [0.2, 0.25) is 0 Å². The van der Waals surface area contributed by atoms with E-state index in [0.29, 0.717) is 6.08 Å². The van der Waals surface area contributed by atoms with E-state index in [0.717, 1.165) is 6.08 Å². The van der Waals surface area contributed by atoms with Crippen LogP contribution in [0.3, 0.4) is 0 Å². The maximum Gasteiger partial charge on any atom is 0.336 e. The van der Waals surface area contributed by atoms with Gasteiger partial charge in [-0.15, -0.1) is 0 Å². The highest BCUT2D eigenvalue weighted by atomic mass is 16.6. The lowest BCUT2D eigenvalue weighted by atomic mass is 10.2. The van der Waals surface area contributed by atoms with E-state index in [2.05, 4.69) is 4.74 Å². The molecule has 1 aliphatic heterocycles. The lowest BCUT2D eigenvalue weighted by molar-refractivity contribution is -0.138. The topological polar surface area (TPSA) is 104 Å². The SMILES string of the molecule is O=C(O)/C=C/C(=O)C1OC1C(=O)O. The van der Waals surface area contributed by atoms with Crippen molar-refractivity contribution < 1.29 is 29.3 Å². The second-order valence-electron chi connectivity index (χ2n) is 2.39. The van der Waals surface area contributed by atoms with Crippen LogP contribution in [0.5, 0.6) is 0 Å². The normalized spacial score (nSPS) is 25.8. The number of ether oxygens (including phenoxy) is 1. The summed E-state index contributed by atoms with van der Waals surface area (Å²) in [4.78, 5) is 31.0. The van der Waals surface area contributed by atoms with Crippen molar-refractivity contribution in [2.45, 2.75) is 12.2 Å². The molecular formula is C7H6O6. The van der Waals surface area contributed by atoms with Crippen molar-refractivity contribution in [2.24, 2.45) is 0 Å². The summed E-state index contributed by atoms with van der Waals surface area (Å²) in [5, 5.41) is 16.5. The molecule has 0 amide bonds. The molecule has 2 N–H and O–H groups in total. The van der Waals surface area contributed by atoms with E-state index in [1.54, 1.807) is 0 Å². The summed E-state index contributed by atoms with van der Waals surface area (Å²) < 4.78 is 4.48. The predicted molar refractivity (Wildman–Crippen MR) is 38.1 cm³/mol. The van der Waals surface area contributed by atoms with Crippen LogP contribution in [-0.2, 0) is 19.1 Å². The first kappa shape index (κ1) is 9.40. The summed E-state index contributed by atoms with van der Waals surface area (Å²) in [6.07, 6.45) is -0.710. The highest BCUT2D eigenvalue weighted by Crippen LogP contribution is 2.23. The van der Waals surface area contributed by atoms with Crippen molar-refractivity contribution in [3.05, 3.63) is 12.2 Å². The Morgan fingerprint density at radius 1 is 1.08 bits per heavy atom. The molecule has 1 fully saturated rings. The number of carboxylic acid groups (broad SMARTS) is 2. The number of hydrogen-bond acceptors (Lipinski definition) is 4. The van der Waals surface area contributed by atoms with Crippen LogP contribution in [0.2, 0.25) is 0 Å². The largest absolute Gasteiger partial charge is 0.479 e. The van der Waals surface area contributed by atoms with Crippen LogP contribution >= 0.6 is 0 Å². The van der Waals surface area contributed by atoms with Gasteiger partial charge in [-0.2, -0.15) is 0 Å². The van der Waals surface area contributed by atoms with Gasteiger partial charge in [-0.05, 0) is 6.08 Å². The molecule has 70 valence electrons. The maximum atomic E-state index is 10.9. The third kappa shape index (κ3) is 2.38. The Morgan fingerprint density at radius 2 is 1.69 bits per heavy atom. The van der Waals surface area contributed by atoms with Gasteiger partial charge in [-0.1, -0.05) is 0 Å². The van der Waals surface area contributed by atoms with E-state index in [9.17, 15) is 14.4 Å². The third-order valence-electron chi connectivity index (χ3n) is 1.41. The smallest absolute Gasteiger partial charge is 0.336 e. The van der Waals surface area contributed by atoms with Gasteiger partial charge in [-0.25, -0.2) is 9.59 Å². The summed E-state index contributed by atoms with van der Waals surface area (Å²) in [5.41, 5.74) is 0. The highest BCUT2D eigenvalue weighted by Gasteiger charge is 2.49. The average Bonchev–Trinajstić information content (AvgIpc) is 2.78. The minimum absolute atomic E-state index is 0.642. The molecule has 1 heterocycles. The van der Waals surface area contributed by atoms with Crippen molar-refractivity contribution in [3.8, 4) is 0 Å². The van der Waals surface area contributed by atoms with Crippen molar-refractivity contribution >= 4 is 17.7 Å². The number of epoxide rings is 1. The van der Waals surface area contributed by atoms with E-state index in [4.69, 9.17) is 10.2 Å². The van der Waals surface area contributed by atoms with Crippen molar-refractivity contribution in [2.75, 3.05) is 0 Å². The maximum absolute atomic E-state index is 10.9. The molecule has 0 saturated carbocycles. The number of carboxylic acids is 2. The molecule has 1 rings (SSSR count). The Morgan fingerprint density at radius 3 is 2.08 bits per heavy atom. The molecule has 0 aromatic heterocycles. The molecule has 0 bridgehead atoms. The Kier molecular flexibility index (Phi) is 2.43. The number of aliphatic carboxylic acids is 2. The molecule has 0 aliphatic carbocycles. The van der Waals surface area contributed by atoms with E-state index >= 15 is 0 Å². The minimum Gasteiger partial charge on any atom is -0.479 e. The van der Waals surface area contributed by atoms with Crippen LogP contribution in [0.4, 0.5) is 0 Å². The first-order valence-electron chi connectivity index (χ1n) is 3.35. The molecule has 0 radical (unpaired) electrons. The fourth-order valence-electron chi connectivity index (χ4n) is 0.765. The lowest BCUT2D eigenvalue weighted by Crippen LogP contribution is -2.13. The quantitative estimate of drug-likeness (QED) is 0.433. The first-order chi connectivity index (χ1) is 6.02. The van der Waals surface area contributed by atoms with Gasteiger partial charge in [0.1, 0.15) is 0 Å². The van der Waals surface area contributed by atoms with Crippen LogP contribution in [0.15, 0.2) is 12.2 Å². The number of ketones is 1. The predicted octanol–water partition coefficient (Wildman–Crippen LogP) is -0.952.